The van der Waals surface area contributed by atoms with Crippen LogP contribution in [0, 0.1) is 6.92 Å². The molecule has 5 nitrogen and oxygen atoms in total. The van der Waals surface area contributed by atoms with Crippen molar-refractivity contribution in [3.05, 3.63) is 94.5 Å². The topological polar surface area (TPSA) is 66.5 Å². The van der Waals surface area contributed by atoms with Crippen molar-refractivity contribution in [1.82, 2.24) is 4.31 Å². The van der Waals surface area contributed by atoms with Gasteiger partial charge in [-0.05, 0) is 48.9 Å². The number of carbonyl (C=O) groups is 1. The summed E-state index contributed by atoms with van der Waals surface area (Å²) < 4.78 is 67.2. The van der Waals surface area contributed by atoms with E-state index in [0.717, 1.165) is 22.0 Å². The monoisotopic (exact) mass is 496 g/mol. The standard InChI is InChI=1S/C23H20ClF3N2O3S/c1-16-5-4-6-17(13-16)14-29(33(31,32)19-11-9-18(24)10-12-19)15-22(30)28-21-8-3-2-7-20(21)23(25,26)27/h2-13H,14-15H2,1H3,(H,28,30). The maximum absolute atomic E-state index is 13.3. The van der Waals surface area contributed by atoms with Gasteiger partial charge in [0.15, 0.2) is 0 Å². The summed E-state index contributed by atoms with van der Waals surface area (Å²) in [7, 11) is -4.16. The van der Waals surface area contributed by atoms with Gasteiger partial charge in [0, 0.05) is 11.6 Å². The normalized spacial score (nSPS) is 12.1. The van der Waals surface area contributed by atoms with Gasteiger partial charge in [-0.25, -0.2) is 8.42 Å². The molecule has 0 radical (unpaired) electrons. The molecule has 0 fully saturated rings. The summed E-state index contributed by atoms with van der Waals surface area (Å²) in [6, 6.07) is 17.0. The van der Waals surface area contributed by atoms with Gasteiger partial charge < -0.3 is 5.32 Å². The van der Waals surface area contributed by atoms with Gasteiger partial charge in [-0.15, -0.1) is 0 Å². The number of rotatable bonds is 7. The van der Waals surface area contributed by atoms with Crippen LogP contribution in [0.2, 0.25) is 5.02 Å². The molecule has 0 aliphatic heterocycles. The summed E-state index contributed by atoms with van der Waals surface area (Å²) in [5, 5.41) is 2.53. The Kier molecular flexibility index (Phi) is 7.46. The van der Waals surface area contributed by atoms with E-state index < -0.39 is 39.9 Å². The molecule has 0 unspecified atom stereocenters. The minimum atomic E-state index is -4.68. The number of nitrogens with zero attached hydrogens (tertiary/aromatic N) is 1. The number of carbonyl (C=O) groups excluding carboxylic acids is 1. The van der Waals surface area contributed by atoms with E-state index in [-0.39, 0.29) is 11.4 Å². The van der Waals surface area contributed by atoms with Crippen LogP contribution in [-0.2, 0) is 27.5 Å². The Morgan fingerprint density at radius 2 is 1.67 bits per heavy atom. The highest BCUT2D eigenvalue weighted by Gasteiger charge is 2.34. The molecule has 3 aromatic rings. The number of alkyl halides is 3. The second-order valence-electron chi connectivity index (χ2n) is 7.31. The van der Waals surface area contributed by atoms with Crippen LogP contribution in [0.5, 0.6) is 0 Å². The first kappa shape index (κ1) is 24.8. The maximum Gasteiger partial charge on any atom is 0.418 e. The summed E-state index contributed by atoms with van der Waals surface area (Å²) in [6.07, 6.45) is -4.68. The SMILES string of the molecule is Cc1cccc(CN(CC(=O)Nc2ccccc2C(F)(F)F)S(=O)(=O)c2ccc(Cl)cc2)c1. The number of hydrogen-bond donors (Lipinski definition) is 1. The fourth-order valence-corrected chi connectivity index (χ4v) is 4.70. The first-order chi connectivity index (χ1) is 15.5. The number of para-hydroxylation sites is 1. The lowest BCUT2D eigenvalue weighted by Gasteiger charge is -2.23. The van der Waals surface area contributed by atoms with Crippen molar-refractivity contribution in [2.75, 3.05) is 11.9 Å². The van der Waals surface area contributed by atoms with Crippen molar-refractivity contribution in [2.24, 2.45) is 0 Å². The van der Waals surface area contributed by atoms with E-state index in [2.05, 4.69) is 5.32 Å². The molecule has 0 saturated carbocycles. The number of amides is 1. The third kappa shape index (κ3) is 6.34. The Bertz CT molecular complexity index is 1250. The van der Waals surface area contributed by atoms with Crippen LogP contribution < -0.4 is 5.32 Å². The molecule has 0 saturated heterocycles. The summed E-state index contributed by atoms with van der Waals surface area (Å²) >= 11 is 5.85. The Balaban J connectivity index is 1.91. The molecule has 33 heavy (non-hydrogen) atoms. The van der Waals surface area contributed by atoms with Crippen LogP contribution >= 0.6 is 11.6 Å². The quantitative estimate of drug-likeness (QED) is 0.470. The van der Waals surface area contributed by atoms with Gasteiger partial charge in [0.1, 0.15) is 0 Å². The van der Waals surface area contributed by atoms with Gasteiger partial charge in [-0.3, -0.25) is 4.79 Å². The third-order valence-corrected chi connectivity index (χ3v) is 6.78. The Morgan fingerprint density at radius 3 is 2.30 bits per heavy atom. The summed E-state index contributed by atoms with van der Waals surface area (Å²) in [6.45, 7) is 0.994. The predicted octanol–water partition coefficient (Wildman–Crippen LogP) is 5.50. The molecule has 3 aromatic carbocycles. The van der Waals surface area contributed by atoms with E-state index in [1.807, 2.05) is 13.0 Å². The van der Waals surface area contributed by atoms with Crippen molar-refractivity contribution in [2.45, 2.75) is 24.5 Å². The third-order valence-electron chi connectivity index (χ3n) is 4.72. The molecule has 1 N–H and O–H groups in total. The lowest BCUT2D eigenvalue weighted by atomic mass is 10.1. The molecular weight excluding hydrogens is 477 g/mol. The molecule has 0 atom stereocenters. The first-order valence-corrected chi connectivity index (χ1v) is 11.6. The zero-order valence-corrected chi connectivity index (χ0v) is 19.0. The molecule has 174 valence electrons. The highest BCUT2D eigenvalue weighted by Crippen LogP contribution is 2.34. The van der Waals surface area contributed by atoms with E-state index in [1.54, 1.807) is 18.2 Å². The minimum absolute atomic E-state index is 0.0944. The van der Waals surface area contributed by atoms with Crippen LogP contribution in [0.15, 0.2) is 77.7 Å². The van der Waals surface area contributed by atoms with Crippen LogP contribution in [-0.4, -0.2) is 25.2 Å². The van der Waals surface area contributed by atoms with Crippen LogP contribution in [0.4, 0.5) is 18.9 Å². The van der Waals surface area contributed by atoms with Gasteiger partial charge in [-0.2, -0.15) is 17.5 Å². The van der Waals surface area contributed by atoms with Gasteiger partial charge in [0.2, 0.25) is 15.9 Å². The predicted molar refractivity (Wildman–Crippen MR) is 120 cm³/mol. The molecular formula is C23H20ClF3N2O3S. The lowest BCUT2D eigenvalue weighted by Crippen LogP contribution is -2.37. The van der Waals surface area contributed by atoms with Crippen molar-refractivity contribution < 1.29 is 26.4 Å². The Morgan fingerprint density at radius 1 is 1.00 bits per heavy atom. The van der Waals surface area contributed by atoms with Crippen LogP contribution in [0.1, 0.15) is 16.7 Å². The molecule has 1 amide bonds. The van der Waals surface area contributed by atoms with E-state index in [9.17, 15) is 26.4 Å². The fourth-order valence-electron chi connectivity index (χ4n) is 3.18. The van der Waals surface area contributed by atoms with Gasteiger partial charge in [0.25, 0.3) is 0 Å². The molecule has 0 bridgehead atoms. The molecule has 3 rings (SSSR count). The second kappa shape index (κ2) is 9.94. The lowest BCUT2D eigenvalue weighted by molar-refractivity contribution is -0.137. The maximum atomic E-state index is 13.3. The fraction of sp³-hybridized carbons (Fsp3) is 0.174. The van der Waals surface area contributed by atoms with E-state index in [0.29, 0.717) is 10.6 Å². The molecule has 0 aliphatic rings. The second-order valence-corrected chi connectivity index (χ2v) is 9.68. The number of halogens is 4. The average Bonchev–Trinajstić information content (AvgIpc) is 2.73. The molecule has 0 spiro atoms. The Hall–Kier alpha value is -2.88. The number of nitrogens with one attached hydrogen (secondary N) is 1. The zero-order chi connectivity index (χ0) is 24.2. The van der Waals surface area contributed by atoms with Crippen molar-refractivity contribution in [3.63, 3.8) is 0 Å². The average molecular weight is 497 g/mol. The first-order valence-electron chi connectivity index (χ1n) is 9.74. The number of aryl methyl sites for hydroxylation is 1. The van der Waals surface area contributed by atoms with E-state index in [4.69, 9.17) is 11.6 Å². The van der Waals surface area contributed by atoms with Crippen molar-refractivity contribution >= 4 is 33.2 Å². The summed E-state index contributed by atoms with van der Waals surface area (Å²) in [4.78, 5) is 12.6. The number of sulfonamides is 1. The summed E-state index contributed by atoms with van der Waals surface area (Å²) in [5.41, 5.74) is 0.0365. The van der Waals surface area contributed by atoms with Gasteiger partial charge in [0.05, 0.1) is 22.7 Å². The minimum Gasteiger partial charge on any atom is -0.324 e. The van der Waals surface area contributed by atoms with Crippen LogP contribution in [0.3, 0.4) is 0 Å². The highest BCUT2D eigenvalue weighted by molar-refractivity contribution is 7.89. The smallest absolute Gasteiger partial charge is 0.324 e. The van der Waals surface area contributed by atoms with Crippen molar-refractivity contribution in [1.29, 1.82) is 0 Å². The number of anilines is 1. The van der Waals surface area contributed by atoms with Gasteiger partial charge in [-0.1, -0.05) is 53.6 Å². The largest absolute Gasteiger partial charge is 0.418 e. The molecule has 0 heterocycles. The van der Waals surface area contributed by atoms with E-state index in [1.165, 1.54) is 36.4 Å². The molecule has 0 aromatic heterocycles. The van der Waals surface area contributed by atoms with Crippen molar-refractivity contribution in [3.8, 4) is 0 Å². The zero-order valence-electron chi connectivity index (χ0n) is 17.4. The molecule has 0 aliphatic carbocycles. The number of benzene rings is 3. The van der Waals surface area contributed by atoms with E-state index >= 15 is 0 Å². The molecule has 10 heteroatoms. The number of hydrogen-bond acceptors (Lipinski definition) is 3. The highest BCUT2D eigenvalue weighted by atomic mass is 35.5. The van der Waals surface area contributed by atoms with Gasteiger partial charge >= 0.3 is 6.18 Å². The summed E-state index contributed by atoms with van der Waals surface area (Å²) in [5.74, 6) is -0.906. The Labute approximate surface area is 194 Å². The van der Waals surface area contributed by atoms with Crippen LogP contribution in [0.25, 0.3) is 0 Å².